The third-order valence-electron chi connectivity index (χ3n) is 1.06. The van der Waals surface area contributed by atoms with Crippen molar-refractivity contribution in [1.82, 2.24) is 0 Å². The first-order chi connectivity index (χ1) is 6.43. The summed E-state index contributed by atoms with van der Waals surface area (Å²) >= 11 is 3.98. The van der Waals surface area contributed by atoms with Crippen molar-refractivity contribution in [3.05, 3.63) is 34.4 Å². The fraction of sp³-hybridized carbons (Fsp3) is 0.125. The lowest BCUT2D eigenvalue weighted by atomic mass is 10.3. The van der Waals surface area contributed by atoms with Gasteiger partial charge in [-0.05, 0) is 19.1 Å². The Morgan fingerprint density at radius 2 is 1.71 bits per heavy atom. The molecule has 0 N–H and O–H groups in total. The summed E-state index contributed by atoms with van der Waals surface area (Å²) in [7, 11) is 0. The van der Waals surface area contributed by atoms with E-state index in [0.717, 1.165) is 11.8 Å². The van der Waals surface area contributed by atoms with Gasteiger partial charge in [-0.25, -0.2) is 0 Å². The van der Waals surface area contributed by atoms with Gasteiger partial charge in [-0.15, -0.1) is 12.6 Å². The van der Waals surface area contributed by atoms with E-state index in [9.17, 15) is 10.1 Å². The van der Waals surface area contributed by atoms with E-state index < -0.39 is 10.9 Å². The fourth-order valence-electron chi connectivity index (χ4n) is 0.574. The first kappa shape index (κ1) is 12.4. The molecule has 14 heavy (non-hydrogen) atoms. The van der Waals surface area contributed by atoms with Crippen LogP contribution in [0.1, 0.15) is 6.92 Å². The second-order valence-electron chi connectivity index (χ2n) is 2.27. The summed E-state index contributed by atoms with van der Waals surface area (Å²) in [5.74, 6) is -1.08. The highest BCUT2D eigenvalue weighted by Gasteiger charge is 2.00. The molecule has 0 heterocycles. The van der Waals surface area contributed by atoms with Gasteiger partial charge in [0.15, 0.2) is 0 Å². The number of carboxylic acid groups (broad SMARTS) is 1. The van der Waals surface area contributed by atoms with Crippen molar-refractivity contribution in [2.24, 2.45) is 0 Å². The van der Waals surface area contributed by atoms with Crippen LogP contribution in [-0.4, -0.2) is 10.9 Å². The highest BCUT2D eigenvalue weighted by Crippen LogP contribution is 2.13. The Hall–Kier alpha value is -1.56. The zero-order valence-corrected chi connectivity index (χ0v) is 8.23. The van der Waals surface area contributed by atoms with Crippen molar-refractivity contribution < 1.29 is 14.8 Å². The number of nitrogens with zero attached hydrogens (tertiary/aromatic N) is 1. The number of hydrogen-bond donors (Lipinski definition) is 1. The van der Waals surface area contributed by atoms with Crippen molar-refractivity contribution >= 4 is 24.3 Å². The maximum atomic E-state index is 10.1. The average molecular weight is 214 g/mol. The number of rotatable bonds is 1. The normalized spacial score (nSPS) is 8.43. The number of carbonyl (C=O) groups is 1. The molecule has 76 valence electrons. The molecular weight excluding hydrogens is 206 g/mol. The van der Waals surface area contributed by atoms with E-state index in [0.29, 0.717) is 0 Å². The molecule has 0 bridgehead atoms. The van der Waals surface area contributed by atoms with Crippen LogP contribution in [0.3, 0.4) is 0 Å². The van der Waals surface area contributed by atoms with Crippen LogP contribution in [0.25, 0.3) is 0 Å². The molecule has 0 radical (unpaired) electrons. The van der Waals surface area contributed by atoms with Crippen LogP contribution in [-0.2, 0) is 4.79 Å². The number of carboxylic acids is 1. The minimum atomic E-state index is -1.08. The number of carbonyl (C=O) groups excluding carboxylic acids is 1. The van der Waals surface area contributed by atoms with Gasteiger partial charge in [-0.1, -0.05) is 0 Å². The molecule has 1 rings (SSSR count). The quantitative estimate of drug-likeness (QED) is 0.422. The maximum Gasteiger partial charge on any atom is 0.269 e. The number of nitro groups is 1. The molecule has 0 aliphatic rings. The predicted octanol–water partition coefficient (Wildman–Crippen LogP) is 0.640. The van der Waals surface area contributed by atoms with Gasteiger partial charge in [0, 0.05) is 23.0 Å². The molecule has 1 aromatic rings. The van der Waals surface area contributed by atoms with Crippen LogP contribution >= 0.6 is 12.6 Å². The molecule has 0 spiro atoms. The molecule has 0 aliphatic heterocycles. The Morgan fingerprint density at radius 1 is 1.36 bits per heavy atom. The third kappa shape index (κ3) is 6.01. The summed E-state index contributed by atoms with van der Waals surface area (Å²) in [6.07, 6.45) is 0. The molecular formula is C8H8NO4S-. The SMILES string of the molecule is CC(=O)[O-].O=[N+]([O-])c1ccc(S)cc1. The van der Waals surface area contributed by atoms with Gasteiger partial charge in [-0.2, -0.15) is 0 Å². The summed E-state index contributed by atoms with van der Waals surface area (Å²) in [5.41, 5.74) is 0.0952. The van der Waals surface area contributed by atoms with Crippen molar-refractivity contribution in [2.45, 2.75) is 11.8 Å². The lowest BCUT2D eigenvalue weighted by Gasteiger charge is -1.89. The van der Waals surface area contributed by atoms with Crippen LogP contribution in [0.5, 0.6) is 0 Å². The number of nitro benzene ring substituents is 1. The second-order valence-corrected chi connectivity index (χ2v) is 2.78. The van der Waals surface area contributed by atoms with Gasteiger partial charge >= 0.3 is 0 Å². The number of thiol groups is 1. The van der Waals surface area contributed by atoms with Crippen molar-refractivity contribution in [3.63, 3.8) is 0 Å². The largest absolute Gasteiger partial charge is 0.550 e. The van der Waals surface area contributed by atoms with E-state index in [1.165, 1.54) is 12.1 Å². The van der Waals surface area contributed by atoms with E-state index in [4.69, 9.17) is 9.90 Å². The van der Waals surface area contributed by atoms with Crippen LogP contribution in [0.4, 0.5) is 5.69 Å². The molecule has 5 nitrogen and oxygen atoms in total. The van der Waals surface area contributed by atoms with E-state index in [1.54, 1.807) is 12.1 Å². The molecule has 6 heteroatoms. The third-order valence-corrected chi connectivity index (χ3v) is 1.36. The molecule has 0 aromatic heterocycles. The predicted molar refractivity (Wildman–Crippen MR) is 51.0 cm³/mol. The molecule has 0 saturated heterocycles. The first-order valence-electron chi connectivity index (χ1n) is 3.54. The Balaban J connectivity index is 0.000000364. The lowest BCUT2D eigenvalue weighted by Crippen LogP contribution is -2.16. The molecule has 0 aliphatic carbocycles. The minimum absolute atomic E-state index is 0.0952. The lowest BCUT2D eigenvalue weighted by molar-refractivity contribution is -0.384. The highest BCUT2D eigenvalue weighted by atomic mass is 32.1. The van der Waals surface area contributed by atoms with E-state index in [1.807, 2.05) is 0 Å². The summed E-state index contributed by atoms with van der Waals surface area (Å²) in [5, 5.41) is 19.0. The summed E-state index contributed by atoms with van der Waals surface area (Å²) in [6.45, 7) is 0.972. The van der Waals surface area contributed by atoms with Gasteiger partial charge in [0.25, 0.3) is 5.69 Å². The monoisotopic (exact) mass is 214 g/mol. The van der Waals surface area contributed by atoms with Gasteiger partial charge < -0.3 is 9.90 Å². The van der Waals surface area contributed by atoms with E-state index in [-0.39, 0.29) is 5.69 Å². The maximum absolute atomic E-state index is 10.1. The van der Waals surface area contributed by atoms with Crippen LogP contribution in [0, 0.1) is 10.1 Å². The molecule has 1 aromatic carbocycles. The average Bonchev–Trinajstić information content (AvgIpc) is 2.03. The van der Waals surface area contributed by atoms with Crippen molar-refractivity contribution in [2.75, 3.05) is 0 Å². The second kappa shape index (κ2) is 5.98. The number of aliphatic carboxylic acids is 1. The minimum Gasteiger partial charge on any atom is -0.550 e. The Bertz CT molecular complexity index is 319. The zero-order valence-electron chi connectivity index (χ0n) is 7.34. The molecule has 0 unspecified atom stereocenters. The summed E-state index contributed by atoms with van der Waals surface area (Å²) < 4.78 is 0. The number of hydrogen-bond acceptors (Lipinski definition) is 5. The topological polar surface area (TPSA) is 83.3 Å². The van der Waals surface area contributed by atoms with Crippen molar-refractivity contribution in [1.29, 1.82) is 0 Å². The summed E-state index contributed by atoms with van der Waals surface area (Å²) in [6, 6.07) is 6.01. The van der Waals surface area contributed by atoms with Crippen molar-refractivity contribution in [3.8, 4) is 0 Å². The van der Waals surface area contributed by atoms with Gasteiger partial charge in [-0.3, -0.25) is 10.1 Å². The van der Waals surface area contributed by atoms with Gasteiger partial charge in [0.05, 0.1) is 4.92 Å². The summed E-state index contributed by atoms with van der Waals surface area (Å²) in [4.78, 5) is 19.3. The number of benzene rings is 1. The van der Waals surface area contributed by atoms with E-state index in [2.05, 4.69) is 12.6 Å². The molecule has 0 amide bonds. The molecule has 0 fully saturated rings. The van der Waals surface area contributed by atoms with E-state index >= 15 is 0 Å². The first-order valence-corrected chi connectivity index (χ1v) is 3.99. The number of non-ortho nitro benzene ring substituents is 1. The molecule has 0 saturated carbocycles. The Labute approximate surface area is 85.9 Å². The molecule has 0 atom stereocenters. The van der Waals surface area contributed by atoms with Gasteiger partial charge in [0.1, 0.15) is 0 Å². The Kier molecular flexibility index (Phi) is 5.31. The fourth-order valence-corrected chi connectivity index (χ4v) is 0.723. The standard InChI is InChI=1S/C6H5NO2S.C2H4O2/c8-7(9)5-1-3-6(10)4-2-5;1-2(3)4/h1-4,10H;1H3,(H,3,4)/p-1. The van der Waals surface area contributed by atoms with Gasteiger partial charge in [0.2, 0.25) is 0 Å². The van der Waals surface area contributed by atoms with Crippen LogP contribution < -0.4 is 5.11 Å². The Morgan fingerprint density at radius 3 is 2.00 bits per heavy atom. The highest BCUT2D eigenvalue weighted by molar-refractivity contribution is 7.80. The van der Waals surface area contributed by atoms with Crippen LogP contribution in [0.15, 0.2) is 29.2 Å². The smallest absolute Gasteiger partial charge is 0.269 e. The zero-order chi connectivity index (χ0) is 11.1. The van der Waals surface area contributed by atoms with Crippen LogP contribution in [0.2, 0.25) is 0 Å².